The van der Waals surface area contributed by atoms with Crippen molar-refractivity contribution in [1.82, 2.24) is 14.9 Å². The molecule has 2 saturated heterocycles. The number of carbonyl (C=O) groups is 1. The van der Waals surface area contributed by atoms with E-state index in [2.05, 4.69) is 37.0 Å². The summed E-state index contributed by atoms with van der Waals surface area (Å²) in [5, 5.41) is 7.46. The van der Waals surface area contributed by atoms with Gasteiger partial charge in [-0.15, -0.1) is 0 Å². The molecule has 45 heavy (non-hydrogen) atoms. The van der Waals surface area contributed by atoms with E-state index in [4.69, 9.17) is 9.57 Å². The monoisotopic (exact) mass is 627 g/mol. The van der Waals surface area contributed by atoms with Gasteiger partial charge in [-0.25, -0.2) is 19.4 Å². The summed E-state index contributed by atoms with van der Waals surface area (Å²) >= 11 is 0. The smallest absolute Gasteiger partial charge is 0.416 e. The number of halogens is 4. The predicted octanol–water partition coefficient (Wildman–Crippen LogP) is 5.68. The molecule has 3 fully saturated rings. The van der Waals surface area contributed by atoms with Crippen LogP contribution < -0.4 is 25.3 Å². The minimum atomic E-state index is -4.70. The van der Waals surface area contributed by atoms with E-state index in [9.17, 15) is 22.4 Å². The standard InChI is InChI=1S/C31H33F4N7O3/c1-3-30(43)39-23-15-24(27(44-2)16-26(23)41-9-7-40(8-10-41)22-4-5-22)38-28-17-29(37-18-36-28)42-25(6-11-45-42)19-12-20(31(33,34)35)14-21(32)13-19/h3,12-18,22,25H,1,4-11H2,2H3,(H,39,43)(H,36,37,38)/t25-/m1/s1. The first kappa shape index (κ1) is 30.6. The number of benzene rings is 2. The number of anilines is 5. The number of alkyl halides is 3. The summed E-state index contributed by atoms with van der Waals surface area (Å²) in [5.41, 5.74) is 0.917. The largest absolute Gasteiger partial charge is 0.494 e. The first-order valence-electron chi connectivity index (χ1n) is 14.7. The van der Waals surface area contributed by atoms with E-state index in [1.165, 1.54) is 30.3 Å². The molecule has 238 valence electrons. The van der Waals surface area contributed by atoms with Crippen LogP contribution in [0.15, 0.2) is 55.4 Å². The number of nitrogens with zero attached hydrogens (tertiary/aromatic N) is 5. The molecule has 14 heteroatoms. The van der Waals surface area contributed by atoms with Crippen LogP contribution >= 0.6 is 0 Å². The van der Waals surface area contributed by atoms with Crippen molar-refractivity contribution >= 4 is 34.6 Å². The molecule has 3 aliphatic rings. The maximum absolute atomic E-state index is 14.2. The van der Waals surface area contributed by atoms with Gasteiger partial charge in [0.1, 0.15) is 23.7 Å². The Morgan fingerprint density at radius 1 is 1.04 bits per heavy atom. The number of hydrogen-bond acceptors (Lipinski definition) is 9. The highest BCUT2D eigenvalue weighted by atomic mass is 19.4. The van der Waals surface area contributed by atoms with Gasteiger partial charge >= 0.3 is 6.18 Å². The quantitative estimate of drug-likeness (QED) is 0.230. The van der Waals surface area contributed by atoms with Gasteiger partial charge in [0.2, 0.25) is 5.91 Å². The average Bonchev–Trinajstić information content (AvgIpc) is 3.76. The molecule has 1 saturated carbocycles. The van der Waals surface area contributed by atoms with Gasteiger partial charge in [-0.05, 0) is 48.7 Å². The van der Waals surface area contributed by atoms with Crippen LogP contribution in [0.2, 0.25) is 0 Å². The van der Waals surface area contributed by atoms with Gasteiger partial charge in [-0.2, -0.15) is 13.2 Å². The third-order valence-electron chi connectivity index (χ3n) is 8.16. The molecule has 0 spiro atoms. The minimum Gasteiger partial charge on any atom is -0.494 e. The lowest BCUT2D eigenvalue weighted by atomic mass is 10.0. The van der Waals surface area contributed by atoms with Crippen LogP contribution in [0.5, 0.6) is 5.75 Å². The van der Waals surface area contributed by atoms with Gasteiger partial charge in [0.05, 0.1) is 42.4 Å². The molecule has 10 nitrogen and oxygen atoms in total. The molecule has 2 aromatic carbocycles. The molecule has 1 aliphatic carbocycles. The molecule has 0 radical (unpaired) electrons. The van der Waals surface area contributed by atoms with Crippen molar-refractivity contribution < 1.29 is 31.9 Å². The van der Waals surface area contributed by atoms with Crippen molar-refractivity contribution in [3.05, 3.63) is 72.3 Å². The summed E-state index contributed by atoms with van der Waals surface area (Å²) in [6, 6.07) is 7.61. The van der Waals surface area contributed by atoms with E-state index in [0.29, 0.717) is 41.5 Å². The Hall–Kier alpha value is -4.43. The third kappa shape index (κ3) is 6.81. The van der Waals surface area contributed by atoms with Crippen LogP contribution in [0.1, 0.15) is 36.4 Å². The number of rotatable bonds is 9. The lowest BCUT2D eigenvalue weighted by molar-refractivity contribution is -0.137. The van der Waals surface area contributed by atoms with Gasteiger partial charge in [-0.3, -0.25) is 14.5 Å². The normalized spacial score (nSPS) is 19.0. The summed E-state index contributed by atoms with van der Waals surface area (Å²) in [7, 11) is 1.54. The van der Waals surface area contributed by atoms with E-state index in [0.717, 1.165) is 44.0 Å². The van der Waals surface area contributed by atoms with Gasteiger partial charge in [0.25, 0.3) is 0 Å². The molecule has 3 heterocycles. The molecule has 3 aromatic rings. The summed E-state index contributed by atoms with van der Waals surface area (Å²) in [6.45, 7) is 7.23. The maximum Gasteiger partial charge on any atom is 0.416 e. The van der Waals surface area contributed by atoms with Crippen molar-refractivity contribution in [1.29, 1.82) is 0 Å². The number of ether oxygens (including phenoxy) is 1. The lowest BCUT2D eigenvalue weighted by Crippen LogP contribution is -2.47. The van der Waals surface area contributed by atoms with Crippen LogP contribution in [-0.4, -0.2) is 66.7 Å². The third-order valence-corrected chi connectivity index (χ3v) is 8.16. The SMILES string of the molecule is C=CC(=O)Nc1cc(Nc2cc(N3OCC[C@@H]3c3cc(F)cc(C(F)(F)F)c3)ncn2)c(OC)cc1N1CCN(C2CC2)CC1. The molecule has 0 bridgehead atoms. The summed E-state index contributed by atoms with van der Waals surface area (Å²) in [4.78, 5) is 31.4. The second kappa shape index (κ2) is 12.5. The van der Waals surface area contributed by atoms with Crippen LogP contribution in [0.25, 0.3) is 0 Å². The number of hydrogen-bond donors (Lipinski definition) is 2. The Morgan fingerprint density at radius 2 is 1.82 bits per heavy atom. The first-order valence-corrected chi connectivity index (χ1v) is 14.7. The van der Waals surface area contributed by atoms with Crippen molar-refractivity contribution in [3.63, 3.8) is 0 Å². The van der Waals surface area contributed by atoms with Gasteiger partial charge < -0.3 is 20.3 Å². The van der Waals surface area contributed by atoms with Gasteiger partial charge in [-0.1, -0.05) is 6.58 Å². The molecule has 2 N–H and O–H groups in total. The van der Waals surface area contributed by atoms with Crippen LogP contribution in [0, 0.1) is 5.82 Å². The second-order valence-corrected chi connectivity index (χ2v) is 11.1. The minimum absolute atomic E-state index is 0.116. The fourth-order valence-electron chi connectivity index (χ4n) is 5.79. The molecule has 2 aliphatic heterocycles. The zero-order valence-corrected chi connectivity index (χ0v) is 24.6. The fraction of sp³-hybridized carbons (Fsp3) is 0.387. The highest BCUT2D eigenvalue weighted by Gasteiger charge is 2.35. The van der Waals surface area contributed by atoms with Crippen molar-refractivity contribution in [2.24, 2.45) is 0 Å². The summed E-state index contributed by atoms with van der Waals surface area (Å²) in [5.74, 6) is -0.263. The highest BCUT2D eigenvalue weighted by molar-refractivity contribution is 6.02. The Balaban J connectivity index is 1.27. The van der Waals surface area contributed by atoms with Crippen molar-refractivity contribution in [2.45, 2.75) is 37.5 Å². The summed E-state index contributed by atoms with van der Waals surface area (Å²) < 4.78 is 60.1. The zero-order valence-electron chi connectivity index (χ0n) is 24.6. The van der Waals surface area contributed by atoms with E-state index in [1.54, 1.807) is 19.2 Å². The molecular weight excluding hydrogens is 594 g/mol. The van der Waals surface area contributed by atoms with Crippen LogP contribution in [0.4, 0.5) is 46.3 Å². The van der Waals surface area contributed by atoms with Gasteiger partial charge in [0, 0.05) is 50.8 Å². The Kier molecular flexibility index (Phi) is 8.51. The molecule has 6 rings (SSSR count). The molecule has 1 atom stereocenters. The number of methoxy groups -OCH3 is 1. The lowest BCUT2D eigenvalue weighted by Gasteiger charge is -2.37. The predicted molar refractivity (Wildman–Crippen MR) is 161 cm³/mol. The van der Waals surface area contributed by atoms with Crippen molar-refractivity contribution in [2.75, 3.05) is 60.5 Å². The second-order valence-electron chi connectivity index (χ2n) is 11.1. The van der Waals surface area contributed by atoms with Crippen LogP contribution in [-0.2, 0) is 15.8 Å². The topological polar surface area (TPSA) is 95.1 Å². The maximum atomic E-state index is 14.2. The number of piperazine rings is 1. The molecule has 1 amide bonds. The summed E-state index contributed by atoms with van der Waals surface area (Å²) in [6.07, 6.45) is 0.595. The fourth-order valence-corrected chi connectivity index (χ4v) is 5.79. The van der Waals surface area contributed by atoms with E-state index < -0.39 is 23.6 Å². The molecular formula is C31H33F4N7O3. The van der Waals surface area contributed by atoms with Crippen LogP contribution in [0.3, 0.4) is 0 Å². The average molecular weight is 628 g/mol. The Morgan fingerprint density at radius 3 is 2.51 bits per heavy atom. The van der Waals surface area contributed by atoms with Crippen molar-refractivity contribution in [3.8, 4) is 5.75 Å². The molecule has 0 unspecified atom stereocenters. The number of hydroxylamine groups is 1. The number of amides is 1. The Bertz CT molecular complexity index is 1580. The van der Waals surface area contributed by atoms with E-state index in [1.807, 2.05) is 6.07 Å². The highest BCUT2D eigenvalue weighted by Crippen LogP contribution is 2.41. The Labute approximate surface area is 257 Å². The molecule has 1 aromatic heterocycles. The number of nitrogens with one attached hydrogen (secondary N) is 2. The van der Waals surface area contributed by atoms with E-state index >= 15 is 0 Å². The number of aromatic nitrogens is 2. The van der Waals surface area contributed by atoms with Gasteiger partial charge in [0.15, 0.2) is 5.82 Å². The zero-order chi connectivity index (χ0) is 31.7. The first-order chi connectivity index (χ1) is 21.6. The number of carbonyl (C=O) groups excluding carboxylic acids is 1. The van der Waals surface area contributed by atoms with E-state index in [-0.39, 0.29) is 23.9 Å².